The summed E-state index contributed by atoms with van der Waals surface area (Å²) in [6, 6.07) is 18.0. The van der Waals surface area contributed by atoms with E-state index in [1.54, 1.807) is 18.3 Å². The number of imidazole rings is 1. The van der Waals surface area contributed by atoms with Crippen molar-refractivity contribution in [2.45, 2.75) is 33.2 Å². The fourth-order valence-corrected chi connectivity index (χ4v) is 5.64. The number of anilines is 1. The van der Waals surface area contributed by atoms with E-state index in [4.69, 9.17) is 4.98 Å². The average molecular weight is 612 g/mol. The number of aromatic nitrogens is 5. The van der Waals surface area contributed by atoms with Gasteiger partial charge in [0.2, 0.25) is 15.9 Å². The average Bonchev–Trinajstić information content (AvgIpc) is 3.59. The lowest BCUT2D eigenvalue weighted by molar-refractivity contribution is -0.116. The van der Waals surface area contributed by atoms with E-state index in [0.717, 1.165) is 46.0 Å². The topological polar surface area (TPSA) is 146 Å². The number of amides is 1. The van der Waals surface area contributed by atoms with E-state index in [-0.39, 0.29) is 12.5 Å². The van der Waals surface area contributed by atoms with Gasteiger partial charge in [0.25, 0.3) is 0 Å². The van der Waals surface area contributed by atoms with Crippen molar-refractivity contribution in [3.8, 4) is 33.9 Å². The quantitative estimate of drug-likeness (QED) is 0.156. The van der Waals surface area contributed by atoms with Crippen LogP contribution in [0.2, 0.25) is 0 Å². The fourth-order valence-electron chi connectivity index (χ4n) is 5.21. The highest BCUT2D eigenvalue weighted by Gasteiger charge is 2.18. The van der Waals surface area contributed by atoms with Crippen LogP contribution < -0.4 is 10.0 Å². The number of fused-ring (bicyclic) bond motifs is 2. The number of halogens is 1. The first kappa shape index (κ1) is 29.1. The highest BCUT2D eigenvalue weighted by atomic mass is 32.2. The first-order valence-electron chi connectivity index (χ1n) is 14.1. The lowest BCUT2D eigenvalue weighted by Crippen LogP contribution is -2.21. The molecule has 12 heteroatoms. The Labute approximate surface area is 253 Å². The summed E-state index contributed by atoms with van der Waals surface area (Å²) in [4.78, 5) is 24.8. The van der Waals surface area contributed by atoms with Gasteiger partial charge >= 0.3 is 0 Å². The molecule has 4 N–H and O–H groups in total. The minimum atomic E-state index is -3.45. The zero-order valence-corrected chi connectivity index (χ0v) is 25.1. The van der Waals surface area contributed by atoms with Crippen LogP contribution in [0.3, 0.4) is 0 Å². The Morgan fingerprint density at radius 1 is 0.955 bits per heavy atom. The Morgan fingerprint density at radius 2 is 1.80 bits per heavy atom. The van der Waals surface area contributed by atoms with Crippen LogP contribution in [0.25, 0.3) is 55.8 Å². The number of nitrogens with one attached hydrogen (secondary N) is 4. The number of benzene rings is 3. The molecule has 0 fully saturated rings. The van der Waals surface area contributed by atoms with Gasteiger partial charge in [-0.2, -0.15) is 5.10 Å². The highest BCUT2D eigenvalue weighted by Crippen LogP contribution is 2.34. The first-order chi connectivity index (χ1) is 21.1. The maximum Gasteiger partial charge on any atom is 0.224 e. The van der Waals surface area contributed by atoms with Gasteiger partial charge in [-0.05, 0) is 84.1 Å². The van der Waals surface area contributed by atoms with Gasteiger partial charge in [0.1, 0.15) is 17.0 Å². The fraction of sp³-hybridized carbons (Fsp3) is 0.188. The second kappa shape index (κ2) is 11.6. The van der Waals surface area contributed by atoms with Crippen LogP contribution in [0.15, 0.2) is 66.9 Å². The molecule has 3 aromatic carbocycles. The van der Waals surface area contributed by atoms with Gasteiger partial charge in [0.15, 0.2) is 5.82 Å². The lowest BCUT2D eigenvalue weighted by atomic mass is 10.0. The molecule has 224 valence electrons. The van der Waals surface area contributed by atoms with E-state index >= 15 is 0 Å². The zero-order chi connectivity index (χ0) is 31.0. The third-order valence-electron chi connectivity index (χ3n) is 7.13. The van der Waals surface area contributed by atoms with Crippen molar-refractivity contribution in [2.24, 2.45) is 0 Å². The van der Waals surface area contributed by atoms with Crippen molar-refractivity contribution >= 4 is 43.6 Å². The van der Waals surface area contributed by atoms with E-state index in [2.05, 4.69) is 36.3 Å². The molecule has 44 heavy (non-hydrogen) atoms. The van der Waals surface area contributed by atoms with Crippen molar-refractivity contribution in [1.82, 2.24) is 29.9 Å². The van der Waals surface area contributed by atoms with Crippen molar-refractivity contribution in [1.29, 1.82) is 0 Å². The monoisotopic (exact) mass is 611 g/mol. The molecule has 6 aromatic rings. The molecule has 3 aromatic heterocycles. The number of H-pyrrole nitrogens is 2. The van der Waals surface area contributed by atoms with Gasteiger partial charge in [-0.3, -0.25) is 14.9 Å². The largest absolute Gasteiger partial charge is 0.336 e. The molecule has 0 aliphatic rings. The van der Waals surface area contributed by atoms with Crippen LogP contribution in [0.1, 0.15) is 30.9 Å². The number of hydrogen-bond donors (Lipinski definition) is 4. The summed E-state index contributed by atoms with van der Waals surface area (Å²) in [7, 11) is -3.45. The number of sulfonamides is 1. The molecule has 0 radical (unpaired) electrons. The molecule has 0 spiro atoms. The normalized spacial score (nSPS) is 11.8. The second-order valence-corrected chi connectivity index (χ2v) is 12.6. The molecule has 0 aliphatic heterocycles. The summed E-state index contributed by atoms with van der Waals surface area (Å²) < 4.78 is 40.1. The molecule has 0 bridgehead atoms. The van der Waals surface area contributed by atoms with Crippen molar-refractivity contribution in [3.63, 3.8) is 0 Å². The van der Waals surface area contributed by atoms with Crippen LogP contribution in [0.4, 0.5) is 10.1 Å². The maximum absolute atomic E-state index is 14.6. The number of hydrogen-bond acceptors (Lipinski definition) is 6. The number of aromatic amines is 2. The van der Waals surface area contributed by atoms with E-state index in [1.807, 2.05) is 44.2 Å². The van der Waals surface area contributed by atoms with E-state index in [1.165, 1.54) is 12.1 Å². The van der Waals surface area contributed by atoms with Gasteiger partial charge in [-0.25, -0.2) is 22.5 Å². The molecule has 3 heterocycles. The summed E-state index contributed by atoms with van der Waals surface area (Å²) >= 11 is 0. The molecule has 1 amide bonds. The first-order valence-corrected chi connectivity index (χ1v) is 15.9. The Kier molecular flexibility index (Phi) is 7.70. The minimum absolute atomic E-state index is 0.0181. The van der Waals surface area contributed by atoms with Crippen LogP contribution in [0.5, 0.6) is 0 Å². The standard InChI is InChI=1S/C32H30FN7O3S/c1-4-5-28(41)36-24-11-18(2)10-21(15-24)20-6-7-26-25(16-20)30(40-39-26)32-37-27-8-9-34-29(31(27)38-32)22-12-19(13-23(33)14-22)17-35-44(3,42)43/h6-16,35H,4-5,17H2,1-3H3,(H,36,41)(H,37,38)(H,39,40). The maximum atomic E-state index is 14.6. The molecule has 0 atom stereocenters. The van der Waals surface area contributed by atoms with Gasteiger partial charge < -0.3 is 10.3 Å². The summed E-state index contributed by atoms with van der Waals surface area (Å²) in [6.07, 6.45) is 3.89. The third-order valence-corrected chi connectivity index (χ3v) is 7.80. The SMILES string of the molecule is CCCC(=O)Nc1cc(C)cc(-c2ccc3[nH]nc(-c4nc5c(-c6cc(F)cc(CNS(C)(=O)=O)c6)nccc5[nH]4)c3c2)c1. The number of rotatable bonds is 9. The predicted molar refractivity (Wildman–Crippen MR) is 170 cm³/mol. The lowest BCUT2D eigenvalue weighted by Gasteiger charge is -2.10. The smallest absolute Gasteiger partial charge is 0.224 e. The molecule has 0 aliphatic carbocycles. The molecule has 10 nitrogen and oxygen atoms in total. The third kappa shape index (κ3) is 6.21. The number of aryl methyl sites for hydroxylation is 1. The molecular weight excluding hydrogens is 581 g/mol. The van der Waals surface area contributed by atoms with E-state index in [9.17, 15) is 17.6 Å². The number of pyridine rings is 1. The predicted octanol–water partition coefficient (Wildman–Crippen LogP) is 6.07. The second-order valence-electron chi connectivity index (χ2n) is 10.8. The Bertz CT molecular complexity index is 2150. The van der Waals surface area contributed by atoms with Crippen molar-refractivity contribution in [3.05, 3.63) is 83.8 Å². The highest BCUT2D eigenvalue weighted by molar-refractivity contribution is 7.88. The van der Waals surface area contributed by atoms with Crippen LogP contribution in [-0.4, -0.2) is 45.7 Å². The van der Waals surface area contributed by atoms with Gasteiger partial charge in [-0.1, -0.05) is 19.1 Å². The van der Waals surface area contributed by atoms with Gasteiger partial charge in [0, 0.05) is 35.8 Å². The number of carbonyl (C=O) groups is 1. The number of carbonyl (C=O) groups excluding carboxylic acids is 1. The summed E-state index contributed by atoms with van der Waals surface area (Å²) in [5, 5.41) is 11.4. The zero-order valence-electron chi connectivity index (χ0n) is 24.3. The van der Waals surface area contributed by atoms with Crippen LogP contribution >= 0.6 is 0 Å². The van der Waals surface area contributed by atoms with Crippen LogP contribution in [-0.2, 0) is 21.4 Å². The molecule has 0 saturated heterocycles. The summed E-state index contributed by atoms with van der Waals surface area (Å²) in [5.74, 6) is -0.0300. The minimum Gasteiger partial charge on any atom is -0.336 e. The number of nitrogens with zero attached hydrogens (tertiary/aromatic N) is 3. The summed E-state index contributed by atoms with van der Waals surface area (Å²) in [6.45, 7) is 3.91. The molecular formula is C32H30FN7O3S. The van der Waals surface area contributed by atoms with Crippen molar-refractivity contribution < 1.29 is 17.6 Å². The summed E-state index contributed by atoms with van der Waals surface area (Å²) in [5.41, 5.74) is 7.66. The molecule has 0 saturated carbocycles. The van der Waals surface area contributed by atoms with E-state index < -0.39 is 15.8 Å². The van der Waals surface area contributed by atoms with Gasteiger partial charge in [0.05, 0.1) is 23.0 Å². The van der Waals surface area contributed by atoms with Crippen LogP contribution in [0, 0.1) is 12.7 Å². The molecule has 6 rings (SSSR count). The Balaban J connectivity index is 1.38. The Morgan fingerprint density at radius 3 is 2.59 bits per heavy atom. The Hall–Kier alpha value is -4.94. The van der Waals surface area contributed by atoms with E-state index in [0.29, 0.717) is 45.8 Å². The van der Waals surface area contributed by atoms with Crippen molar-refractivity contribution in [2.75, 3.05) is 11.6 Å². The van der Waals surface area contributed by atoms with Gasteiger partial charge in [-0.15, -0.1) is 0 Å². The molecule has 0 unspecified atom stereocenters.